The van der Waals surface area contributed by atoms with Gasteiger partial charge in [-0.3, -0.25) is 9.69 Å². The number of hydrogen-bond donors (Lipinski definition) is 1. The predicted octanol–water partition coefficient (Wildman–Crippen LogP) is 0.667. The average molecular weight is 294 g/mol. The van der Waals surface area contributed by atoms with Gasteiger partial charge in [0.25, 0.3) is 0 Å². The van der Waals surface area contributed by atoms with Gasteiger partial charge in [0.1, 0.15) is 0 Å². The zero-order chi connectivity index (χ0) is 12.1. The predicted molar refractivity (Wildman–Crippen MR) is 79.7 cm³/mol. The summed E-state index contributed by atoms with van der Waals surface area (Å²) in [5.74, 6) is 2.76. The van der Waals surface area contributed by atoms with Gasteiger partial charge < -0.3 is 10.2 Å². The molecule has 2 saturated heterocycles. The summed E-state index contributed by atoms with van der Waals surface area (Å²) in [5, 5.41) is 3.28. The number of halogens is 1. The highest BCUT2D eigenvalue weighted by Gasteiger charge is 2.21. The van der Waals surface area contributed by atoms with Crippen molar-refractivity contribution in [3.05, 3.63) is 0 Å². The molecule has 0 aromatic heterocycles. The van der Waals surface area contributed by atoms with Crippen molar-refractivity contribution >= 4 is 30.1 Å². The molecular formula is C12H24ClN3OS. The van der Waals surface area contributed by atoms with Gasteiger partial charge in [0.05, 0.1) is 0 Å². The molecule has 1 N–H and O–H groups in total. The number of amides is 1. The largest absolute Gasteiger partial charge is 0.340 e. The molecular weight excluding hydrogens is 270 g/mol. The van der Waals surface area contributed by atoms with Crippen LogP contribution in [-0.2, 0) is 4.79 Å². The van der Waals surface area contributed by atoms with Crippen LogP contribution in [0.25, 0.3) is 0 Å². The first kappa shape index (κ1) is 16.1. The van der Waals surface area contributed by atoms with Crippen LogP contribution >= 0.6 is 24.2 Å². The van der Waals surface area contributed by atoms with Crippen LogP contribution in [0.1, 0.15) is 13.3 Å². The lowest BCUT2D eigenvalue weighted by Gasteiger charge is -2.34. The van der Waals surface area contributed by atoms with E-state index in [1.165, 1.54) is 11.5 Å². The van der Waals surface area contributed by atoms with Gasteiger partial charge in [-0.15, -0.1) is 12.4 Å². The van der Waals surface area contributed by atoms with E-state index in [2.05, 4.69) is 17.1 Å². The van der Waals surface area contributed by atoms with Crippen LogP contribution < -0.4 is 5.32 Å². The van der Waals surface area contributed by atoms with Gasteiger partial charge in [0.2, 0.25) is 5.91 Å². The van der Waals surface area contributed by atoms with Gasteiger partial charge in [0, 0.05) is 63.2 Å². The van der Waals surface area contributed by atoms with Gasteiger partial charge in [-0.05, 0) is 6.92 Å². The summed E-state index contributed by atoms with van der Waals surface area (Å²) in [6.07, 6.45) is 0.689. The molecule has 106 valence electrons. The molecule has 1 atom stereocenters. The van der Waals surface area contributed by atoms with Gasteiger partial charge in [-0.2, -0.15) is 11.8 Å². The molecule has 6 heteroatoms. The van der Waals surface area contributed by atoms with Crippen molar-refractivity contribution in [2.24, 2.45) is 0 Å². The molecule has 4 nitrogen and oxygen atoms in total. The minimum absolute atomic E-state index is 0. The second kappa shape index (κ2) is 8.25. The van der Waals surface area contributed by atoms with E-state index in [-0.39, 0.29) is 12.4 Å². The molecule has 1 unspecified atom stereocenters. The Morgan fingerprint density at radius 1 is 1.33 bits per heavy atom. The van der Waals surface area contributed by atoms with E-state index in [4.69, 9.17) is 0 Å². The maximum Gasteiger partial charge on any atom is 0.223 e. The molecule has 0 aromatic rings. The van der Waals surface area contributed by atoms with Crippen LogP contribution in [0.4, 0.5) is 0 Å². The third-order valence-electron chi connectivity index (χ3n) is 3.59. The lowest BCUT2D eigenvalue weighted by atomic mass is 10.2. The van der Waals surface area contributed by atoms with E-state index in [1.807, 2.05) is 16.7 Å². The molecule has 0 radical (unpaired) electrons. The zero-order valence-corrected chi connectivity index (χ0v) is 12.7. The van der Waals surface area contributed by atoms with Crippen LogP contribution in [0.3, 0.4) is 0 Å². The van der Waals surface area contributed by atoms with Gasteiger partial charge in [-0.1, -0.05) is 0 Å². The van der Waals surface area contributed by atoms with Crippen molar-refractivity contribution in [2.75, 3.05) is 50.8 Å². The van der Waals surface area contributed by atoms with Crippen molar-refractivity contribution < 1.29 is 4.79 Å². The van der Waals surface area contributed by atoms with Crippen LogP contribution in [0.2, 0.25) is 0 Å². The van der Waals surface area contributed by atoms with E-state index in [0.717, 1.165) is 39.3 Å². The van der Waals surface area contributed by atoms with E-state index in [0.29, 0.717) is 18.4 Å². The Kier molecular flexibility index (Phi) is 7.37. The van der Waals surface area contributed by atoms with Crippen molar-refractivity contribution in [1.82, 2.24) is 15.1 Å². The molecule has 0 bridgehead atoms. The van der Waals surface area contributed by atoms with Crippen LogP contribution in [0, 0.1) is 0 Å². The Morgan fingerprint density at radius 3 is 2.72 bits per heavy atom. The summed E-state index contributed by atoms with van der Waals surface area (Å²) in [5.41, 5.74) is 0. The van der Waals surface area contributed by atoms with Crippen molar-refractivity contribution in [3.8, 4) is 0 Å². The summed E-state index contributed by atoms with van der Waals surface area (Å²) in [6, 6.07) is 0.629. The zero-order valence-electron chi connectivity index (χ0n) is 11.1. The summed E-state index contributed by atoms with van der Waals surface area (Å²) < 4.78 is 0. The Hall–Kier alpha value is 0.0300. The highest BCUT2D eigenvalue weighted by molar-refractivity contribution is 7.99. The minimum atomic E-state index is 0. The van der Waals surface area contributed by atoms with Crippen molar-refractivity contribution in [1.29, 1.82) is 0 Å². The molecule has 2 aliphatic heterocycles. The maximum absolute atomic E-state index is 12.0. The Bertz CT molecular complexity index is 262. The molecule has 0 spiro atoms. The minimum Gasteiger partial charge on any atom is -0.340 e. The second-order valence-corrected chi connectivity index (χ2v) is 5.99. The summed E-state index contributed by atoms with van der Waals surface area (Å²) in [6.45, 7) is 7.99. The molecule has 2 aliphatic rings. The number of nitrogens with zero attached hydrogens (tertiary/aromatic N) is 2. The third kappa shape index (κ3) is 4.61. The highest BCUT2D eigenvalue weighted by atomic mass is 35.5. The maximum atomic E-state index is 12.0. The van der Waals surface area contributed by atoms with Gasteiger partial charge >= 0.3 is 0 Å². The van der Waals surface area contributed by atoms with E-state index >= 15 is 0 Å². The molecule has 2 rings (SSSR count). The van der Waals surface area contributed by atoms with Crippen molar-refractivity contribution in [3.63, 3.8) is 0 Å². The number of piperazine rings is 1. The fourth-order valence-electron chi connectivity index (χ4n) is 2.41. The quantitative estimate of drug-likeness (QED) is 0.830. The molecule has 0 saturated carbocycles. The average Bonchev–Trinajstić information content (AvgIpc) is 2.38. The molecule has 2 heterocycles. The van der Waals surface area contributed by atoms with E-state index in [9.17, 15) is 4.79 Å². The number of thioether (sulfide) groups is 1. The Labute approximate surface area is 120 Å². The number of hydrogen-bond acceptors (Lipinski definition) is 4. The van der Waals surface area contributed by atoms with Gasteiger partial charge in [-0.25, -0.2) is 0 Å². The van der Waals surface area contributed by atoms with Gasteiger partial charge in [0.15, 0.2) is 0 Å². The lowest BCUT2D eigenvalue weighted by molar-refractivity contribution is -0.132. The fourth-order valence-corrected chi connectivity index (χ4v) is 3.49. The van der Waals surface area contributed by atoms with Crippen LogP contribution in [0.15, 0.2) is 0 Å². The topological polar surface area (TPSA) is 35.6 Å². The standard InChI is InChI=1S/C12H23N3OS.ClH/c1-11-10-17-9-8-14(11)5-2-12(16)15-6-3-13-4-7-15;/h11,13H,2-10H2,1H3;1H. The number of rotatable bonds is 3. The molecule has 18 heavy (non-hydrogen) atoms. The third-order valence-corrected chi connectivity index (χ3v) is 4.78. The summed E-state index contributed by atoms with van der Waals surface area (Å²) in [4.78, 5) is 16.5. The normalized spacial score (nSPS) is 25.6. The van der Waals surface area contributed by atoms with Crippen molar-refractivity contribution in [2.45, 2.75) is 19.4 Å². The lowest BCUT2D eigenvalue weighted by Crippen LogP contribution is -2.48. The number of carbonyl (C=O) groups is 1. The van der Waals surface area contributed by atoms with Crippen LogP contribution in [0.5, 0.6) is 0 Å². The Balaban J connectivity index is 0.00000162. The fraction of sp³-hybridized carbons (Fsp3) is 0.917. The van der Waals surface area contributed by atoms with Crippen LogP contribution in [-0.4, -0.2) is 72.5 Å². The van der Waals surface area contributed by atoms with E-state index in [1.54, 1.807) is 0 Å². The number of carbonyl (C=O) groups excluding carboxylic acids is 1. The van der Waals surface area contributed by atoms with E-state index < -0.39 is 0 Å². The Morgan fingerprint density at radius 2 is 2.06 bits per heavy atom. The summed E-state index contributed by atoms with van der Waals surface area (Å²) >= 11 is 2.02. The highest BCUT2D eigenvalue weighted by Crippen LogP contribution is 2.16. The monoisotopic (exact) mass is 293 g/mol. The molecule has 0 aromatic carbocycles. The number of nitrogens with one attached hydrogen (secondary N) is 1. The molecule has 1 amide bonds. The molecule has 0 aliphatic carbocycles. The first-order valence-corrected chi connectivity index (χ1v) is 7.73. The SMILES string of the molecule is CC1CSCCN1CCC(=O)N1CCNCC1.Cl. The molecule has 2 fully saturated rings. The summed E-state index contributed by atoms with van der Waals surface area (Å²) in [7, 11) is 0. The first-order valence-electron chi connectivity index (χ1n) is 6.57. The smallest absolute Gasteiger partial charge is 0.223 e. The first-order chi connectivity index (χ1) is 8.27. The second-order valence-electron chi connectivity index (χ2n) is 4.84.